The predicted octanol–water partition coefficient (Wildman–Crippen LogP) is -7.25. The summed E-state index contributed by atoms with van der Waals surface area (Å²) in [5.74, 6) is -4.84. The molecule has 308 valence electrons. The van der Waals surface area contributed by atoms with E-state index in [0.29, 0.717) is 0 Å². The molecule has 0 aromatic heterocycles. The Hall–Kier alpha value is -5.92. The summed E-state index contributed by atoms with van der Waals surface area (Å²) < 4.78 is 0. The molecule has 0 saturated carbocycles. The molecular formula is C30H48N10O15. The van der Waals surface area contributed by atoms with Gasteiger partial charge in [-0.1, -0.05) is 0 Å². The van der Waals surface area contributed by atoms with Crippen molar-refractivity contribution in [2.24, 2.45) is 5.84 Å². The molecule has 0 spiro atoms. The van der Waals surface area contributed by atoms with E-state index in [1.54, 1.807) is 0 Å². The second-order valence-electron chi connectivity index (χ2n) is 11.6. The Morgan fingerprint density at radius 2 is 0.745 bits per heavy atom. The molecule has 0 aromatic carbocycles. The molecule has 0 aromatic rings. The third-order valence-electron chi connectivity index (χ3n) is 6.95. The summed E-state index contributed by atoms with van der Waals surface area (Å²) >= 11 is 0. The van der Waals surface area contributed by atoms with Crippen LogP contribution in [0.5, 0.6) is 0 Å². The summed E-state index contributed by atoms with van der Waals surface area (Å²) in [4.78, 5) is 142. The van der Waals surface area contributed by atoms with Crippen molar-refractivity contribution < 1.29 is 72.9 Å². The average molecular weight is 789 g/mol. The lowest BCUT2D eigenvalue weighted by Gasteiger charge is -2.18. The number of rotatable bonds is 31. The van der Waals surface area contributed by atoms with E-state index in [2.05, 4.69) is 48.0 Å². The zero-order chi connectivity index (χ0) is 41.9. The Morgan fingerprint density at radius 1 is 0.436 bits per heavy atom. The Bertz CT molecular complexity index is 1420. The summed E-state index contributed by atoms with van der Waals surface area (Å²) in [6.07, 6.45) is -2.05. The lowest BCUT2D eigenvalue weighted by molar-refractivity contribution is -0.138. The Kier molecular flexibility index (Phi) is 24.7. The highest BCUT2D eigenvalue weighted by atomic mass is 16.4. The highest BCUT2D eigenvalue weighted by Gasteiger charge is 2.23. The van der Waals surface area contributed by atoms with E-state index in [4.69, 9.17) is 21.2 Å². The Morgan fingerprint density at radius 3 is 1.05 bits per heavy atom. The molecule has 0 aliphatic carbocycles. The van der Waals surface area contributed by atoms with E-state index in [0.717, 1.165) is 0 Å². The van der Waals surface area contributed by atoms with Crippen LogP contribution >= 0.6 is 0 Å². The number of nitrogens with one attached hydrogen (secondary N) is 9. The number of hydrogen-bond donors (Lipinski definition) is 13. The number of hydrogen-bond acceptors (Lipinski definition) is 16. The molecule has 3 atom stereocenters. The van der Waals surface area contributed by atoms with E-state index < -0.39 is 142 Å². The summed E-state index contributed by atoms with van der Waals surface area (Å²) in [7, 11) is 0. The molecule has 0 aliphatic rings. The maximum Gasteiger partial charge on any atom is 0.303 e. The van der Waals surface area contributed by atoms with Crippen molar-refractivity contribution in [2.45, 2.75) is 63.6 Å². The first-order valence-electron chi connectivity index (χ1n) is 16.6. The van der Waals surface area contributed by atoms with Gasteiger partial charge in [-0.15, -0.1) is 0 Å². The molecule has 25 heteroatoms. The van der Waals surface area contributed by atoms with E-state index in [1.165, 1.54) is 6.92 Å². The predicted molar refractivity (Wildman–Crippen MR) is 184 cm³/mol. The van der Waals surface area contributed by atoms with Crippen molar-refractivity contribution in [1.82, 2.24) is 48.0 Å². The molecule has 0 rings (SSSR count). The fourth-order valence-electron chi connectivity index (χ4n) is 4.02. The van der Waals surface area contributed by atoms with Crippen molar-refractivity contribution >= 4 is 70.7 Å². The monoisotopic (exact) mass is 788 g/mol. The summed E-state index contributed by atoms with van der Waals surface area (Å²) in [5, 5.41) is 45.2. The van der Waals surface area contributed by atoms with Crippen LogP contribution in [0.4, 0.5) is 0 Å². The van der Waals surface area contributed by atoms with Crippen LogP contribution in [0.3, 0.4) is 0 Å². The number of carbonyl (C=O) groups excluding carboxylic acids is 9. The number of hydrazine groups is 1. The molecule has 55 heavy (non-hydrogen) atoms. The molecule has 6 amide bonds. The summed E-state index contributed by atoms with van der Waals surface area (Å²) in [5.41, 5.74) is 2.12. The lowest BCUT2D eigenvalue weighted by atomic mass is 10.1. The largest absolute Gasteiger partial charge is 0.481 e. The van der Waals surface area contributed by atoms with Crippen molar-refractivity contribution in [1.29, 1.82) is 0 Å². The highest BCUT2D eigenvalue weighted by Crippen LogP contribution is 2.00. The van der Waals surface area contributed by atoms with Crippen molar-refractivity contribution in [2.75, 3.05) is 52.4 Å². The van der Waals surface area contributed by atoms with Gasteiger partial charge >= 0.3 is 17.9 Å². The van der Waals surface area contributed by atoms with Gasteiger partial charge in [-0.25, -0.2) is 5.43 Å². The molecule has 0 radical (unpaired) electrons. The Balaban J connectivity index is 4.84. The molecular weight excluding hydrogens is 740 g/mol. The molecule has 0 heterocycles. The molecule has 0 fully saturated rings. The first-order valence-corrected chi connectivity index (χ1v) is 16.6. The van der Waals surface area contributed by atoms with Crippen LogP contribution in [0.2, 0.25) is 0 Å². The average Bonchev–Trinajstić information content (AvgIpc) is 3.12. The van der Waals surface area contributed by atoms with Gasteiger partial charge in [-0.05, 0) is 26.2 Å². The van der Waals surface area contributed by atoms with Gasteiger partial charge < -0.3 is 47.2 Å². The van der Waals surface area contributed by atoms with Gasteiger partial charge in [0.15, 0.2) is 11.6 Å². The molecule has 0 bridgehead atoms. The van der Waals surface area contributed by atoms with Crippen LogP contribution in [0.15, 0.2) is 0 Å². The first-order chi connectivity index (χ1) is 25.8. The van der Waals surface area contributed by atoms with Crippen molar-refractivity contribution in [3.8, 4) is 0 Å². The maximum atomic E-state index is 12.7. The van der Waals surface area contributed by atoms with Gasteiger partial charge in [-0.3, -0.25) is 74.0 Å². The quantitative estimate of drug-likeness (QED) is 0.0229. The van der Waals surface area contributed by atoms with Gasteiger partial charge in [0.05, 0.1) is 64.4 Å². The van der Waals surface area contributed by atoms with E-state index in [9.17, 15) is 57.5 Å². The highest BCUT2D eigenvalue weighted by molar-refractivity contribution is 5.93. The van der Waals surface area contributed by atoms with E-state index in [1.807, 2.05) is 0 Å². The van der Waals surface area contributed by atoms with E-state index >= 15 is 0 Å². The lowest BCUT2D eigenvalue weighted by Crippen LogP contribution is -2.51. The number of carboxylic acid groups (broad SMARTS) is 3. The number of aliphatic carboxylic acids is 3. The standard InChI is InChI=1S/C30H48N10O15/c1-16(41)8-34-22(44)13-37-28(53)19(2-5-25(47)48)32-9-17(42)11-35-23(45)14-38-29(54)20(3-6-26(49)50)33-10-18(43)12-36-24(46)15-39-30(55)21(40-31)4-7-27(51)52/h19-21,32-33,40H,2-15,31H2,1H3,(H,34,44)(H,35,45)(H,36,46)(H,37,53)(H,38,54)(H,39,55)(H,47,48)(H,49,50)(H,51,52)/t19-,20-,21-/m0/s1. The zero-order valence-corrected chi connectivity index (χ0v) is 29.9. The van der Waals surface area contributed by atoms with Crippen molar-refractivity contribution in [3.05, 3.63) is 0 Å². The topological polar surface area (TPSA) is 400 Å². The smallest absolute Gasteiger partial charge is 0.303 e. The van der Waals surface area contributed by atoms with Crippen LogP contribution in [-0.4, -0.2) is 157 Å². The van der Waals surface area contributed by atoms with Crippen LogP contribution < -0.4 is 53.8 Å². The van der Waals surface area contributed by atoms with Crippen LogP contribution in [0, 0.1) is 0 Å². The molecule has 14 N–H and O–H groups in total. The van der Waals surface area contributed by atoms with Gasteiger partial charge in [0.1, 0.15) is 11.8 Å². The third-order valence-corrected chi connectivity index (χ3v) is 6.95. The van der Waals surface area contributed by atoms with Crippen LogP contribution in [0.25, 0.3) is 0 Å². The van der Waals surface area contributed by atoms with Crippen LogP contribution in [-0.2, 0) is 57.5 Å². The second kappa shape index (κ2) is 27.7. The summed E-state index contributed by atoms with van der Waals surface area (Å²) in [6.45, 7) is -2.95. The molecule has 0 unspecified atom stereocenters. The van der Waals surface area contributed by atoms with Crippen LogP contribution in [0.1, 0.15) is 45.4 Å². The fourth-order valence-corrected chi connectivity index (χ4v) is 4.02. The first kappa shape index (κ1) is 49.1. The summed E-state index contributed by atoms with van der Waals surface area (Å²) in [6, 6.07) is -3.59. The number of ketones is 3. The normalized spacial score (nSPS) is 12.1. The SMILES string of the molecule is CC(=O)CNC(=O)CNC(=O)[C@H](CCC(=O)O)NCC(=O)CNC(=O)CNC(=O)[C@H](CCC(=O)O)NCC(=O)CNC(=O)CNC(=O)[C@H](CCC(=O)O)NN. The number of Topliss-reactive ketones (excluding diaryl/α,β-unsaturated/α-hetero) is 3. The fraction of sp³-hybridized carbons (Fsp3) is 0.600. The minimum Gasteiger partial charge on any atom is -0.481 e. The van der Waals surface area contributed by atoms with Crippen molar-refractivity contribution in [3.63, 3.8) is 0 Å². The number of carbonyl (C=O) groups is 12. The molecule has 25 nitrogen and oxygen atoms in total. The third kappa shape index (κ3) is 25.7. The van der Waals surface area contributed by atoms with Gasteiger partial charge in [0.25, 0.3) is 0 Å². The minimum atomic E-state index is -1.28. The van der Waals surface area contributed by atoms with Gasteiger partial charge in [0, 0.05) is 19.3 Å². The van der Waals surface area contributed by atoms with Gasteiger partial charge in [0.2, 0.25) is 35.4 Å². The Labute approximate surface area is 313 Å². The molecule has 0 saturated heterocycles. The van der Waals surface area contributed by atoms with E-state index in [-0.39, 0.29) is 38.0 Å². The maximum absolute atomic E-state index is 12.7. The number of nitrogens with two attached hydrogens (primary N) is 1. The number of amides is 6. The zero-order valence-electron chi connectivity index (χ0n) is 29.9. The second-order valence-corrected chi connectivity index (χ2v) is 11.6. The molecule has 0 aliphatic heterocycles. The number of carboxylic acids is 3. The van der Waals surface area contributed by atoms with Gasteiger partial charge in [-0.2, -0.15) is 0 Å². The minimum absolute atomic E-state index is 0.151.